The molecule has 0 radical (unpaired) electrons. The molecular weight excluding hydrogens is 278 g/mol. The van der Waals surface area contributed by atoms with E-state index < -0.39 is 0 Å². The molecule has 0 saturated heterocycles. The van der Waals surface area contributed by atoms with Gasteiger partial charge in [0, 0.05) is 24.5 Å². The Balaban J connectivity index is 2.03. The summed E-state index contributed by atoms with van der Waals surface area (Å²) in [5.41, 5.74) is 6.11. The number of aryl methyl sites for hydroxylation is 1. The predicted octanol–water partition coefficient (Wildman–Crippen LogP) is 5.52. The van der Waals surface area contributed by atoms with Gasteiger partial charge in [-0.05, 0) is 30.2 Å². The first kappa shape index (κ1) is 15.1. The third-order valence-electron chi connectivity index (χ3n) is 3.93. The molecule has 0 saturated carbocycles. The minimum Gasteiger partial charge on any atom is -0.350 e. The van der Waals surface area contributed by atoms with Gasteiger partial charge in [0.05, 0.1) is 0 Å². The van der Waals surface area contributed by atoms with Crippen LogP contribution in [0, 0.1) is 6.92 Å². The Bertz CT molecular complexity index is 730. The molecule has 114 valence electrons. The lowest BCUT2D eigenvalue weighted by Gasteiger charge is -2.18. The van der Waals surface area contributed by atoms with E-state index in [9.17, 15) is 0 Å². The quantitative estimate of drug-likeness (QED) is 0.613. The maximum Gasteiger partial charge on any atom is 0.0403 e. The van der Waals surface area contributed by atoms with Gasteiger partial charge in [-0.3, -0.25) is 0 Å². The highest BCUT2D eigenvalue weighted by atomic mass is 15.1. The summed E-state index contributed by atoms with van der Waals surface area (Å²) in [5.74, 6) is 0. The molecule has 0 aromatic heterocycles. The first-order chi connectivity index (χ1) is 11.2. The van der Waals surface area contributed by atoms with E-state index in [0.717, 1.165) is 0 Å². The summed E-state index contributed by atoms with van der Waals surface area (Å²) in [6.07, 6.45) is 2.20. The van der Waals surface area contributed by atoms with E-state index in [1.54, 1.807) is 0 Å². The number of hydrogen-bond acceptors (Lipinski definition) is 1. The van der Waals surface area contributed by atoms with Gasteiger partial charge in [0.1, 0.15) is 0 Å². The monoisotopic (exact) mass is 299 g/mol. The van der Waals surface area contributed by atoms with E-state index in [-0.39, 0.29) is 0 Å². The smallest absolute Gasteiger partial charge is 0.0403 e. The predicted molar refractivity (Wildman–Crippen MR) is 99.5 cm³/mol. The molecule has 0 N–H and O–H groups in total. The first-order valence-electron chi connectivity index (χ1n) is 7.86. The molecule has 0 fully saturated rings. The van der Waals surface area contributed by atoms with Crippen LogP contribution in [0.3, 0.4) is 0 Å². The standard InChI is InChI=1S/C22H21N/c1-18-13-15-21(16-14-18)23(2)17-22(19-9-5-3-6-10-19)20-11-7-4-8-12-20/h3-17H,1-2H3. The van der Waals surface area contributed by atoms with Gasteiger partial charge in [-0.15, -0.1) is 0 Å². The summed E-state index contributed by atoms with van der Waals surface area (Å²) in [6, 6.07) is 29.6. The van der Waals surface area contributed by atoms with Gasteiger partial charge in [0.15, 0.2) is 0 Å². The topological polar surface area (TPSA) is 3.24 Å². The molecule has 1 heteroatoms. The molecule has 3 rings (SSSR count). The lowest BCUT2D eigenvalue weighted by molar-refractivity contribution is 1.20. The van der Waals surface area contributed by atoms with E-state index >= 15 is 0 Å². The summed E-state index contributed by atoms with van der Waals surface area (Å²) >= 11 is 0. The zero-order valence-corrected chi connectivity index (χ0v) is 13.6. The largest absolute Gasteiger partial charge is 0.350 e. The molecular formula is C22H21N. The van der Waals surface area contributed by atoms with Crippen LogP contribution in [0.15, 0.2) is 91.1 Å². The molecule has 0 aliphatic carbocycles. The number of hydrogen-bond donors (Lipinski definition) is 0. The molecule has 0 heterocycles. The summed E-state index contributed by atoms with van der Waals surface area (Å²) in [7, 11) is 2.09. The van der Waals surface area contributed by atoms with Crippen molar-refractivity contribution in [2.45, 2.75) is 6.92 Å². The molecule has 3 aromatic carbocycles. The average molecular weight is 299 g/mol. The second kappa shape index (κ2) is 6.97. The SMILES string of the molecule is Cc1ccc(N(C)C=C(c2ccccc2)c2ccccc2)cc1. The molecule has 23 heavy (non-hydrogen) atoms. The zero-order valence-electron chi connectivity index (χ0n) is 13.6. The van der Waals surface area contributed by atoms with Crippen LogP contribution in [0.5, 0.6) is 0 Å². The maximum atomic E-state index is 2.20. The van der Waals surface area contributed by atoms with Gasteiger partial charge >= 0.3 is 0 Å². The molecule has 0 amide bonds. The Labute approximate surface area is 138 Å². The van der Waals surface area contributed by atoms with Crippen LogP contribution < -0.4 is 4.90 Å². The summed E-state index contributed by atoms with van der Waals surface area (Å²) in [6.45, 7) is 2.11. The van der Waals surface area contributed by atoms with Crippen LogP contribution in [0.1, 0.15) is 16.7 Å². The summed E-state index contributed by atoms with van der Waals surface area (Å²) in [4.78, 5) is 2.18. The number of rotatable bonds is 4. The molecule has 0 bridgehead atoms. The Morgan fingerprint density at radius 2 is 1.17 bits per heavy atom. The van der Waals surface area contributed by atoms with Crippen molar-refractivity contribution in [1.82, 2.24) is 0 Å². The highest BCUT2D eigenvalue weighted by Gasteiger charge is 2.06. The summed E-state index contributed by atoms with van der Waals surface area (Å²) < 4.78 is 0. The van der Waals surface area contributed by atoms with Crippen molar-refractivity contribution in [2.24, 2.45) is 0 Å². The van der Waals surface area contributed by atoms with Crippen LogP contribution in [-0.4, -0.2) is 7.05 Å². The highest BCUT2D eigenvalue weighted by molar-refractivity contribution is 5.81. The fourth-order valence-electron chi connectivity index (χ4n) is 2.60. The minimum absolute atomic E-state index is 1.18. The van der Waals surface area contributed by atoms with Crippen molar-refractivity contribution in [2.75, 3.05) is 11.9 Å². The van der Waals surface area contributed by atoms with Gasteiger partial charge in [0.25, 0.3) is 0 Å². The number of benzene rings is 3. The Hall–Kier alpha value is -2.80. The average Bonchev–Trinajstić information content (AvgIpc) is 2.61. The molecule has 0 aliphatic rings. The van der Waals surface area contributed by atoms with Crippen LogP contribution in [0.2, 0.25) is 0 Å². The highest BCUT2D eigenvalue weighted by Crippen LogP contribution is 2.25. The van der Waals surface area contributed by atoms with Crippen molar-refractivity contribution in [3.8, 4) is 0 Å². The van der Waals surface area contributed by atoms with Gasteiger partial charge < -0.3 is 4.90 Å². The second-order valence-corrected chi connectivity index (χ2v) is 5.72. The van der Waals surface area contributed by atoms with E-state index in [1.165, 1.54) is 28.0 Å². The maximum absolute atomic E-state index is 2.20. The second-order valence-electron chi connectivity index (χ2n) is 5.72. The minimum atomic E-state index is 1.18. The Kier molecular flexibility index (Phi) is 4.58. The Morgan fingerprint density at radius 3 is 1.65 bits per heavy atom. The van der Waals surface area contributed by atoms with Crippen molar-refractivity contribution in [3.05, 3.63) is 108 Å². The van der Waals surface area contributed by atoms with Gasteiger partial charge in [0.2, 0.25) is 0 Å². The molecule has 0 aliphatic heterocycles. The number of nitrogens with zero attached hydrogens (tertiary/aromatic N) is 1. The van der Waals surface area contributed by atoms with Crippen molar-refractivity contribution in [1.29, 1.82) is 0 Å². The van der Waals surface area contributed by atoms with E-state index in [2.05, 4.69) is 110 Å². The van der Waals surface area contributed by atoms with Crippen molar-refractivity contribution in [3.63, 3.8) is 0 Å². The first-order valence-corrected chi connectivity index (χ1v) is 7.86. The third-order valence-corrected chi connectivity index (χ3v) is 3.93. The van der Waals surface area contributed by atoms with Crippen LogP contribution in [-0.2, 0) is 0 Å². The van der Waals surface area contributed by atoms with E-state index in [4.69, 9.17) is 0 Å². The molecule has 0 spiro atoms. The van der Waals surface area contributed by atoms with Gasteiger partial charge in [-0.2, -0.15) is 0 Å². The fraction of sp³-hybridized carbons (Fsp3) is 0.0909. The fourth-order valence-corrected chi connectivity index (χ4v) is 2.60. The van der Waals surface area contributed by atoms with Crippen LogP contribution >= 0.6 is 0 Å². The van der Waals surface area contributed by atoms with Gasteiger partial charge in [-0.1, -0.05) is 78.4 Å². The van der Waals surface area contributed by atoms with Gasteiger partial charge in [-0.25, -0.2) is 0 Å². The van der Waals surface area contributed by atoms with Crippen molar-refractivity contribution >= 4 is 11.3 Å². The van der Waals surface area contributed by atoms with E-state index in [0.29, 0.717) is 0 Å². The third kappa shape index (κ3) is 3.70. The molecule has 1 nitrogen and oxygen atoms in total. The lowest BCUT2D eigenvalue weighted by Crippen LogP contribution is -2.09. The van der Waals surface area contributed by atoms with E-state index in [1.807, 2.05) is 0 Å². The van der Waals surface area contributed by atoms with Crippen molar-refractivity contribution < 1.29 is 0 Å². The summed E-state index contributed by atoms with van der Waals surface area (Å²) in [5, 5.41) is 0. The zero-order chi connectivity index (χ0) is 16.1. The molecule has 3 aromatic rings. The molecule has 0 atom stereocenters. The lowest BCUT2D eigenvalue weighted by atomic mass is 9.99. The number of anilines is 1. The Morgan fingerprint density at radius 1 is 0.696 bits per heavy atom. The van der Waals surface area contributed by atoms with Crippen LogP contribution in [0.25, 0.3) is 5.57 Å². The normalized spacial score (nSPS) is 10.2. The van der Waals surface area contributed by atoms with Crippen LogP contribution in [0.4, 0.5) is 5.69 Å². The molecule has 0 unspecified atom stereocenters.